The number of benzene rings is 3. The van der Waals surface area contributed by atoms with Gasteiger partial charge in [-0.1, -0.05) is 54.6 Å². The van der Waals surface area contributed by atoms with Crippen molar-refractivity contribution in [1.29, 1.82) is 0 Å². The summed E-state index contributed by atoms with van der Waals surface area (Å²) in [5.74, 6) is 2.28. The average molecular weight is 434 g/mol. The van der Waals surface area contributed by atoms with Crippen molar-refractivity contribution in [3.63, 3.8) is 0 Å². The van der Waals surface area contributed by atoms with Crippen LogP contribution in [-0.4, -0.2) is 14.7 Å². The molecule has 0 spiro atoms. The van der Waals surface area contributed by atoms with Gasteiger partial charge < -0.3 is 28.3 Å². The molecule has 0 atom stereocenters. The summed E-state index contributed by atoms with van der Waals surface area (Å²) in [5, 5.41) is 0. The van der Waals surface area contributed by atoms with E-state index >= 15 is 0 Å². The molecule has 0 fully saturated rings. The molecule has 0 radical (unpaired) electrons. The minimum absolute atomic E-state index is 0.760. The third kappa shape index (κ3) is 7.98. The predicted octanol–water partition coefficient (Wildman–Crippen LogP) is 5.57. The van der Waals surface area contributed by atoms with E-state index in [9.17, 15) is 0 Å². The molecular weight excluding hydrogens is 410 g/mol. The molecule has 0 aliphatic rings. The summed E-state index contributed by atoms with van der Waals surface area (Å²) in [6.45, 7) is 6.01. The van der Waals surface area contributed by atoms with E-state index in [4.69, 9.17) is 28.3 Å². The second kappa shape index (κ2) is 11.7. The van der Waals surface area contributed by atoms with Crippen LogP contribution in [-0.2, 0) is 0 Å². The van der Waals surface area contributed by atoms with Crippen LogP contribution < -0.4 is 13.6 Å². The zero-order valence-corrected chi connectivity index (χ0v) is 18.2. The first-order chi connectivity index (χ1) is 13.9. The van der Waals surface area contributed by atoms with Crippen molar-refractivity contribution >= 4 is 17.2 Å². The molecule has 0 aliphatic carbocycles. The molecule has 0 bridgehead atoms. The fourth-order valence-electron chi connectivity index (χ4n) is 2.27. The van der Waals surface area contributed by atoms with Gasteiger partial charge in [-0.2, -0.15) is 0 Å². The van der Waals surface area contributed by atoms with Crippen molar-refractivity contribution in [2.45, 2.75) is 20.8 Å². The standard InChI is InChI=1S/C21H21O3P.H3O3P/c1-16-10-4-7-13-19(16)22-25(23-20-14-8-5-11-17(20)2)24-21-15-9-6-12-18(21)3;1-4(2)3/h4-15H,1-3H3;1-3H. The normalized spacial score (nSPS) is 10.3. The average Bonchev–Trinajstić information content (AvgIpc) is 2.67. The number of hydrogen-bond acceptors (Lipinski definition) is 6. The predicted molar refractivity (Wildman–Crippen MR) is 116 cm³/mol. The summed E-state index contributed by atoms with van der Waals surface area (Å²) in [6.07, 6.45) is 0. The Kier molecular flexibility index (Phi) is 9.33. The number of para-hydroxylation sites is 3. The summed E-state index contributed by atoms with van der Waals surface area (Å²) < 4.78 is 18.3. The molecule has 29 heavy (non-hydrogen) atoms. The van der Waals surface area contributed by atoms with Crippen molar-refractivity contribution in [2.24, 2.45) is 0 Å². The van der Waals surface area contributed by atoms with Crippen LogP contribution in [0.2, 0.25) is 0 Å². The highest BCUT2D eigenvalue weighted by atomic mass is 31.2. The topological polar surface area (TPSA) is 88.4 Å². The van der Waals surface area contributed by atoms with Crippen molar-refractivity contribution in [3.05, 3.63) is 89.5 Å². The molecular formula is C21H24O6P2. The Morgan fingerprint density at radius 1 is 0.517 bits per heavy atom. The third-order valence-electron chi connectivity index (χ3n) is 3.80. The van der Waals surface area contributed by atoms with Crippen LogP contribution in [0, 0.1) is 20.8 Å². The fraction of sp³-hybridized carbons (Fsp3) is 0.143. The highest BCUT2D eigenvalue weighted by Crippen LogP contribution is 2.44. The number of rotatable bonds is 6. The lowest BCUT2D eigenvalue weighted by Gasteiger charge is -2.20. The van der Waals surface area contributed by atoms with Crippen LogP contribution in [0.15, 0.2) is 72.8 Å². The van der Waals surface area contributed by atoms with Crippen molar-refractivity contribution < 1.29 is 28.3 Å². The fourth-order valence-corrected chi connectivity index (χ4v) is 3.48. The Labute approximate surface area is 173 Å². The van der Waals surface area contributed by atoms with Crippen LogP contribution >= 0.6 is 17.2 Å². The van der Waals surface area contributed by atoms with Gasteiger partial charge in [-0.05, 0) is 55.7 Å². The quantitative estimate of drug-likeness (QED) is 0.440. The molecule has 154 valence electrons. The maximum atomic E-state index is 7.23. The van der Waals surface area contributed by atoms with Crippen LogP contribution in [0.4, 0.5) is 0 Å². The second-order valence-corrected chi connectivity index (χ2v) is 7.59. The molecule has 6 nitrogen and oxygen atoms in total. The van der Waals surface area contributed by atoms with Crippen LogP contribution in [0.1, 0.15) is 16.7 Å². The van der Waals surface area contributed by atoms with E-state index < -0.39 is 17.2 Å². The molecule has 0 saturated heterocycles. The van der Waals surface area contributed by atoms with Gasteiger partial charge in [0.2, 0.25) is 0 Å². The highest BCUT2D eigenvalue weighted by molar-refractivity contribution is 7.43. The first-order valence-electron chi connectivity index (χ1n) is 8.74. The van der Waals surface area contributed by atoms with Crippen LogP contribution in [0.5, 0.6) is 17.2 Å². The van der Waals surface area contributed by atoms with E-state index in [1.807, 2.05) is 93.6 Å². The molecule has 3 rings (SSSR count). The number of aryl methyl sites for hydroxylation is 3. The summed E-state index contributed by atoms with van der Waals surface area (Å²) in [4.78, 5) is 21.7. The minimum Gasteiger partial charge on any atom is -0.408 e. The highest BCUT2D eigenvalue weighted by Gasteiger charge is 2.22. The summed E-state index contributed by atoms with van der Waals surface area (Å²) in [6, 6.07) is 23.6. The maximum Gasteiger partial charge on any atom is 0.530 e. The van der Waals surface area contributed by atoms with E-state index in [1.54, 1.807) is 0 Å². The van der Waals surface area contributed by atoms with E-state index in [0.717, 1.165) is 33.9 Å². The maximum absolute atomic E-state index is 7.23. The Hall–Kier alpha value is -2.20. The summed E-state index contributed by atoms with van der Waals surface area (Å²) >= 11 is 0. The Bertz CT molecular complexity index is 788. The zero-order valence-electron chi connectivity index (χ0n) is 16.4. The largest absolute Gasteiger partial charge is 0.530 e. The Morgan fingerprint density at radius 3 is 1.00 bits per heavy atom. The van der Waals surface area contributed by atoms with Gasteiger partial charge in [0, 0.05) is 0 Å². The zero-order chi connectivity index (χ0) is 21.2. The van der Waals surface area contributed by atoms with Crippen molar-refractivity contribution in [3.8, 4) is 17.2 Å². The van der Waals surface area contributed by atoms with Gasteiger partial charge in [-0.15, -0.1) is 0 Å². The van der Waals surface area contributed by atoms with E-state index in [0.29, 0.717) is 0 Å². The second-order valence-electron chi connectivity index (χ2n) is 6.06. The first kappa shape index (κ1) is 23.1. The third-order valence-corrected chi connectivity index (χ3v) is 4.84. The Morgan fingerprint density at radius 2 is 0.759 bits per heavy atom. The van der Waals surface area contributed by atoms with E-state index in [2.05, 4.69) is 0 Å². The number of hydrogen-bond donors (Lipinski definition) is 3. The molecule has 0 aromatic heterocycles. The summed E-state index contributed by atoms with van der Waals surface area (Å²) in [7, 11) is -4.26. The van der Waals surface area contributed by atoms with E-state index in [-0.39, 0.29) is 0 Å². The molecule has 0 saturated carbocycles. The SMILES string of the molecule is Cc1ccccc1OP(Oc1ccccc1C)Oc1ccccc1C.OP(O)O. The smallest absolute Gasteiger partial charge is 0.408 e. The van der Waals surface area contributed by atoms with Crippen molar-refractivity contribution in [1.82, 2.24) is 0 Å². The van der Waals surface area contributed by atoms with E-state index in [1.165, 1.54) is 0 Å². The van der Waals surface area contributed by atoms with Gasteiger partial charge in [0.1, 0.15) is 17.2 Å². The molecule has 3 aromatic rings. The molecule has 3 aromatic carbocycles. The van der Waals surface area contributed by atoms with Gasteiger partial charge in [0.05, 0.1) is 0 Å². The first-order valence-corrected chi connectivity index (χ1v) is 11.0. The molecule has 3 N–H and O–H groups in total. The van der Waals surface area contributed by atoms with Gasteiger partial charge in [0.15, 0.2) is 0 Å². The van der Waals surface area contributed by atoms with Crippen molar-refractivity contribution in [2.75, 3.05) is 0 Å². The molecule has 0 amide bonds. The molecule has 0 aliphatic heterocycles. The van der Waals surface area contributed by atoms with Gasteiger partial charge in [-0.3, -0.25) is 0 Å². The minimum atomic E-state index is -2.62. The molecule has 0 heterocycles. The Balaban J connectivity index is 0.000000687. The van der Waals surface area contributed by atoms with Crippen LogP contribution in [0.3, 0.4) is 0 Å². The lowest BCUT2D eigenvalue weighted by molar-refractivity contribution is 0.368. The van der Waals surface area contributed by atoms with Gasteiger partial charge >= 0.3 is 17.2 Å². The van der Waals surface area contributed by atoms with Gasteiger partial charge in [-0.25, -0.2) is 0 Å². The van der Waals surface area contributed by atoms with Gasteiger partial charge in [0.25, 0.3) is 0 Å². The van der Waals surface area contributed by atoms with Crippen LogP contribution in [0.25, 0.3) is 0 Å². The monoisotopic (exact) mass is 434 g/mol. The molecule has 0 unspecified atom stereocenters. The lowest BCUT2D eigenvalue weighted by atomic mass is 10.2. The summed E-state index contributed by atoms with van der Waals surface area (Å²) in [5.41, 5.74) is 3.12. The lowest BCUT2D eigenvalue weighted by Crippen LogP contribution is -2.04. The molecule has 8 heteroatoms.